The fourth-order valence-electron chi connectivity index (χ4n) is 1.73. The summed E-state index contributed by atoms with van der Waals surface area (Å²) in [6.45, 7) is 0. The lowest BCUT2D eigenvalue weighted by molar-refractivity contribution is -0.136. The van der Waals surface area contributed by atoms with Gasteiger partial charge in [-0.05, 0) is 36.6 Å². The van der Waals surface area contributed by atoms with Crippen molar-refractivity contribution in [2.75, 3.05) is 0 Å². The largest absolute Gasteiger partial charge is 0.481 e. The van der Waals surface area contributed by atoms with E-state index in [0.717, 1.165) is 29.7 Å². The average Bonchev–Trinajstić information content (AvgIpc) is 2.38. The number of hydrogen-bond acceptors (Lipinski definition) is 3. The molecule has 0 atom stereocenters. The van der Waals surface area contributed by atoms with E-state index in [4.69, 9.17) is 5.11 Å². The van der Waals surface area contributed by atoms with Gasteiger partial charge in [0.05, 0.1) is 6.42 Å². The molecule has 4 heteroatoms. The SMILES string of the molecule is O=C(O)CC1=CC=C(N=Cc2ccncc2)CC1. The molecular formula is C14H14N2O2. The first-order valence-corrected chi connectivity index (χ1v) is 5.78. The third-order valence-electron chi connectivity index (χ3n) is 2.68. The molecule has 0 unspecified atom stereocenters. The van der Waals surface area contributed by atoms with Crippen molar-refractivity contribution in [2.45, 2.75) is 19.3 Å². The first kappa shape index (κ1) is 12.2. The summed E-state index contributed by atoms with van der Waals surface area (Å²) in [5.74, 6) is -0.779. The minimum atomic E-state index is -0.779. The maximum atomic E-state index is 10.6. The molecule has 1 N–H and O–H groups in total. The van der Waals surface area contributed by atoms with Crippen LogP contribution in [0, 0.1) is 0 Å². The summed E-state index contributed by atoms with van der Waals surface area (Å²) in [6.07, 6.45) is 10.7. The fraction of sp³-hybridized carbons (Fsp3) is 0.214. The predicted molar refractivity (Wildman–Crippen MR) is 69.5 cm³/mol. The van der Waals surface area contributed by atoms with Crippen molar-refractivity contribution in [2.24, 2.45) is 4.99 Å². The number of aliphatic imine (C=N–C) groups is 1. The highest BCUT2D eigenvalue weighted by Gasteiger charge is 2.08. The van der Waals surface area contributed by atoms with E-state index in [-0.39, 0.29) is 6.42 Å². The summed E-state index contributed by atoms with van der Waals surface area (Å²) in [6, 6.07) is 3.77. The lowest BCUT2D eigenvalue weighted by Crippen LogP contribution is -2.00. The Bertz CT molecular complexity index is 516. The number of nitrogens with zero attached hydrogens (tertiary/aromatic N) is 2. The number of allylic oxidation sites excluding steroid dienone is 3. The maximum Gasteiger partial charge on any atom is 0.307 e. The Labute approximate surface area is 105 Å². The minimum absolute atomic E-state index is 0.123. The number of aliphatic carboxylic acids is 1. The Morgan fingerprint density at radius 2 is 2.11 bits per heavy atom. The Hall–Kier alpha value is -2.23. The van der Waals surface area contributed by atoms with Crippen molar-refractivity contribution in [3.63, 3.8) is 0 Å². The Morgan fingerprint density at radius 1 is 1.33 bits per heavy atom. The minimum Gasteiger partial charge on any atom is -0.481 e. The van der Waals surface area contributed by atoms with Crippen LogP contribution in [0.4, 0.5) is 0 Å². The van der Waals surface area contributed by atoms with Crippen LogP contribution in [0.15, 0.2) is 52.9 Å². The highest BCUT2D eigenvalue weighted by atomic mass is 16.4. The second-order valence-electron chi connectivity index (χ2n) is 4.09. The molecule has 0 aromatic carbocycles. The number of pyridine rings is 1. The summed E-state index contributed by atoms with van der Waals surface area (Å²) in [5, 5.41) is 8.69. The molecule has 1 aliphatic rings. The molecule has 0 saturated carbocycles. The highest BCUT2D eigenvalue weighted by Crippen LogP contribution is 2.21. The number of carboxylic acid groups (broad SMARTS) is 1. The molecule has 92 valence electrons. The number of carbonyl (C=O) groups is 1. The molecule has 0 aliphatic heterocycles. The van der Waals surface area contributed by atoms with E-state index in [1.807, 2.05) is 24.3 Å². The van der Waals surface area contributed by atoms with E-state index in [1.54, 1.807) is 18.6 Å². The quantitative estimate of drug-likeness (QED) is 0.825. The molecule has 0 amide bonds. The zero-order valence-electron chi connectivity index (χ0n) is 9.91. The maximum absolute atomic E-state index is 10.6. The molecule has 0 fully saturated rings. The Kier molecular flexibility index (Phi) is 4.02. The molecule has 0 radical (unpaired) electrons. The third-order valence-corrected chi connectivity index (χ3v) is 2.68. The molecule has 18 heavy (non-hydrogen) atoms. The van der Waals surface area contributed by atoms with Crippen molar-refractivity contribution >= 4 is 12.2 Å². The monoisotopic (exact) mass is 242 g/mol. The van der Waals surface area contributed by atoms with Crippen LogP contribution in [0.3, 0.4) is 0 Å². The van der Waals surface area contributed by atoms with E-state index < -0.39 is 5.97 Å². The molecular weight excluding hydrogens is 228 g/mol. The zero-order valence-corrected chi connectivity index (χ0v) is 9.91. The molecule has 1 heterocycles. The summed E-state index contributed by atoms with van der Waals surface area (Å²) in [4.78, 5) is 18.9. The summed E-state index contributed by atoms with van der Waals surface area (Å²) in [5.41, 5.74) is 2.93. The molecule has 1 aromatic rings. The van der Waals surface area contributed by atoms with Gasteiger partial charge in [0.15, 0.2) is 0 Å². The van der Waals surface area contributed by atoms with E-state index in [0.29, 0.717) is 0 Å². The van der Waals surface area contributed by atoms with Crippen LogP contribution in [-0.4, -0.2) is 22.3 Å². The van der Waals surface area contributed by atoms with E-state index in [1.165, 1.54) is 0 Å². The lowest BCUT2D eigenvalue weighted by Gasteiger charge is -2.09. The second-order valence-corrected chi connectivity index (χ2v) is 4.09. The van der Waals surface area contributed by atoms with E-state index in [2.05, 4.69) is 9.98 Å². The molecule has 4 nitrogen and oxygen atoms in total. The van der Waals surface area contributed by atoms with Crippen LogP contribution in [0.25, 0.3) is 0 Å². The number of aromatic nitrogens is 1. The molecule has 1 aromatic heterocycles. The van der Waals surface area contributed by atoms with Crippen molar-refractivity contribution in [1.82, 2.24) is 4.98 Å². The second kappa shape index (κ2) is 5.91. The van der Waals surface area contributed by atoms with Crippen molar-refractivity contribution < 1.29 is 9.90 Å². The third kappa shape index (κ3) is 3.66. The van der Waals surface area contributed by atoms with Gasteiger partial charge < -0.3 is 5.11 Å². The first-order chi connectivity index (χ1) is 8.74. The molecule has 0 saturated heterocycles. The van der Waals surface area contributed by atoms with Gasteiger partial charge in [-0.3, -0.25) is 14.8 Å². The average molecular weight is 242 g/mol. The zero-order chi connectivity index (χ0) is 12.8. The lowest BCUT2D eigenvalue weighted by atomic mass is 10.0. The van der Waals surface area contributed by atoms with Crippen LogP contribution in [-0.2, 0) is 4.79 Å². The smallest absolute Gasteiger partial charge is 0.307 e. The van der Waals surface area contributed by atoms with Gasteiger partial charge in [0.2, 0.25) is 0 Å². The van der Waals surface area contributed by atoms with Crippen LogP contribution in [0.2, 0.25) is 0 Å². The molecule has 0 bridgehead atoms. The predicted octanol–water partition coefficient (Wildman–Crippen LogP) is 2.58. The van der Waals surface area contributed by atoms with Gasteiger partial charge in [-0.2, -0.15) is 0 Å². The van der Waals surface area contributed by atoms with Crippen LogP contribution in [0.1, 0.15) is 24.8 Å². The normalized spacial score (nSPS) is 15.3. The Morgan fingerprint density at radius 3 is 2.72 bits per heavy atom. The van der Waals surface area contributed by atoms with Gasteiger partial charge >= 0.3 is 5.97 Å². The molecule has 1 aliphatic carbocycles. The van der Waals surface area contributed by atoms with Gasteiger partial charge in [-0.25, -0.2) is 0 Å². The van der Waals surface area contributed by atoms with Crippen LogP contribution < -0.4 is 0 Å². The van der Waals surface area contributed by atoms with Crippen molar-refractivity contribution in [3.8, 4) is 0 Å². The number of carboxylic acids is 1. The van der Waals surface area contributed by atoms with E-state index >= 15 is 0 Å². The number of rotatable bonds is 4. The summed E-state index contributed by atoms with van der Waals surface area (Å²) in [7, 11) is 0. The van der Waals surface area contributed by atoms with Crippen LogP contribution in [0.5, 0.6) is 0 Å². The first-order valence-electron chi connectivity index (χ1n) is 5.78. The molecule has 2 rings (SSSR count). The topological polar surface area (TPSA) is 62.5 Å². The van der Waals surface area contributed by atoms with Gasteiger partial charge in [0, 0.05) is 24.3 Å². The standard InChI is InChI=1S/C14H14N2O2/c17-14(18)9-11-1-3-13(4-2-11)16-10-12-5-7-15-8-6-12/h1,3,5-8,10H,2,4,9H2,(H,17,18). The summed E-state index contributed by atoms with van der Waals surface area (Å²) >= 11 is 0. The summed E-state index contributed by atoms with van der Waals surface area (Å²) < 4.78 is 0. The van der Waals surface area contributed by atoms with Crippen molar-refractivity contribution in [1.29, 1.82) is 0 Å². The highest BCUT2D eigenvalue weighted by molar-refractivity contribution is 5.80. The van der Waals surface area contributed by atoms with Crippen LogP contribution >= 0.6 is 0 Å². The van der Waals surface area contributed by atoms with Gasteiger partial charge in [-0.1, -0.05) is 11.6 Å². The van der Waals surface area contributed by atoms with Gasteiger partial charge in [0.1, 0.15) is 0 Å². The van der Waals surface area contributed by atoms with Crippen molar-refractivity contribution in [3.05, 3.63) is 53.5 Å². The van der Waals surface area contributed by atoms with Gasteiger partial charge in [-0.15, -0.1) is 0 Å². The van der Waals surface area contributed by atoms with E-state index in [9.17, 15) is 4.79 Å². The number of hydrogen-bond donors (Lipinski definition) is 1. The molecule has 0 spiro atoms. The fourth-order valence-corrected chi connectivity index (χ4v) is 1.73. The Balaban J connectivity index is 2.00. The van der Waals surface area contributed by atoms with Gasteiger partial charge in [0.25, 0.3) is 0 Å².